The van der Waals surface area contributed by atoms with Crippen LogP contribution in [0.2, 0.25) is 0 Å². The molecule has 1 aromatic rings. The zero-order valence-electron chi connectivity index (χ0n) is 11.3. The van der Waals surface area contributed by atoms with Gasteiger partial charge in [-0.25, -0.2) is 0 Å². The van der Waals surface area contributed by atoms with Crippen molar-refractivity contribution in [3.05, 3.63) is 24.2 Å². The first kappa shape index (κ1) is 12.7. The maximum absolute atomic E-state index is 5.91. The van der Waals surface area contributed by atoms with E-state index in [4.69, 9.17) is 10.2 Å². The van der Waals surface area contributed by atoms with E-state index in [1.165, 1.54) is 19.3 Å². The molecule has 0 saturated heterocycles. The summed E-state index contributed by atoms with van der Waals surface area (Å²) in [4.78, 5) is 0. The van der Waals surface area contributed by atoms with E-state index >= 15 is 0 Å². The van der Waals surface area contributed by atoms with E-state index in [0.717, 1.165) is 18.2 Å². The highest BCUT2D eigenvalue weighted by atomic mass is 16.3. The van der Waals surface area contributed by atoms with Gasteiger partial charge in [0.05, 0.1) is 6.26 Å². The maximum atomic E-state index is 5.91. The second kappa shape index (κ2) is 4.85. The highest BCUT2D eigenvalue weighted by Gasteiger charge is 2.37. The SMILES string of the molecule is CC(C)(C)C1CCC(CN)C(c2ccco2)C1. The number of rotatable bonds is 2. The lowest BCUT2D eigenvalue weighted by atomic mass is 9.65. The fourth-order valence-corrected chi connectivity index (χ4v) is 3.15. The van der Waals surface area contributed by atoms with Crippen molar-refractivity contribution in [1.82, 2.24) is 0 Å². The van der Waals surface area contributed by atoms with E-state index < -0.39 is 0 Å². The molecule has 0 bridgehead atoms. The van der Waals surface area contributed by atoms with E-state index in [1.807, 2.05) is 6.07 Å². The molecule has 0 spiro atoms. The van der Waals surface area contributed by atoms with Crippen LogP contribution in [0.5, 0.6) is 0 Å². The highest BCUT2D eigenvalue weighted by molar-refractivity contribution is 5.09. The molecule has 2 N–H and O–H groups in total. The summed E-state index contributed by atoms with van der Waals surface area (Å²) in [7, 11) is 0. The summed E-state index contributed by atoms with van der Waals surface area (Å²) in [6.45, 7) is 7.82. The molecule has 17 heavy (non-hydrogen) atoms. The zero-order chi connectivity index (χ0) is 12.5. The van der Waals surface area contributed by atoms with Crippen molar-refractivity contribution in [3.63, 3.8) is 0 Å². The smallest absolute Gasteiger partial charge is 0.107 e. The van der Waals surface area contributed by atoms with Crippen LogP contribution in [0, 0.1) is 17.3 Å². The van der Waals surface area contributed by atoms with Crippen LogP contribution in [0.4, 0.5) is 0 Å². The minimum absolute atomic E-state index is 0.393. The third-order valence-electron chi connectivity index (χ3n) is 4.43. The summed E-state index contributed by atoms with van der Waals surface area (Å²) < 4.78 is 5.61. The molecule has 2 heteroatoms. The van der Waals surface area contributed by atoms with Gasteiger partial charge >= 0.3 is 0 Å². The van der Waals surface area contributed by atoms with E-state index in [-0.39, 0.29) is 0 Å². The van der Waals surface area contributed by atoms with Crippen LogP contribution in [0.1, 0.15) is 51.7 Å². The molecular weight excluding hydrogens is 210 g/mol. The zero-order valence-corrected chi connectivity index (χ0v) is 11.3. The lowest BCUT2D eigenvalue weighted by molar-refractivity contribution is 0.124. The van der Waals surface area contributed by atoms with Crippen LogP contribution in [0.3, 0.4) is 0 Å². The Morgan fingerprint density at radius 1 is 1.35 bits per heavy atom. The molecule has 96 valence electrons. The summed E-state index contributed by atoms with van der Waals surface area (Å²) in [5.74, 6) is 3.03. The van der Waals surface area contributed by atoms with Crippen LogP contribution in [-0.4, -0.2) is 6.54 Å². The predicted molar refractivity (Wildman–Crippen MR) is 70.8 cm³/mol. The van der Waals surface area contributed by atoms with Gasteiger partial charge in [-0.15, -0.1) is 0 Å². The molecule has 1 fully saturated rings. The summed E-state index contributed by atoms with van der Waals surface area (Å²) in [6.07, 6.45) is 5.55. The number of hydrogen-bond acceptors (Lipinski definition) is 2. The third kappa shape index (κ3) is 2.74. The molecule has 0 aliphatic heterocycles. The molecule has 0 amide bonds. The van der Waals surface area contributed by atoms with Crippen molar-refractivity contribution in [1.29, 1.82) is 0 Å². The number of nitrogens with two attached hydrogens (primary N) is 1. The molecule has 3 unspecified atom stereocenters. The van der Waals surface area contributed by atoms with Gasteiger partial charge in [0.25, 0.3) is 0 Å². The monoisotopic (exact) mass is 235 g/mol. The van der Waals surface area contributed by atoms with Gasteiger partial charge in [0.15, 0.2) is 0 Å². The number of furan rings is 1. The van der Waals surface area contributed by atoms with Crippen LogP contribution in [-0.2, 0) is 0 Å². The Morgan fingerprint density at radius 2 is 2.12 bits per heavy atom. The van der Waals surface area contributed by atoms with Crippen molar-refractivity contribution in [2.75, 3.05) is 6.54 Å². The summed E-state index contributed by atoms with van der Waals surface area (Å²) in [6, 6.07) is 4.10. The topological polar surface area (TPSA) is 39.2 Å². The van der Waals surface area contributed by atoms with Crippen LogP contribution in [0.15, 0.2) is 22.8 Å². The molecule has 0 radical (unpaired) electrons. The van der Waals surface area contributed by atoms with E-state index in [1.54, 1.807) is 6.26 Å². The van der Waals surface area contributed by atoms with Crippen molar-refractivity contribution in [2.45, 2.75) is 46.0 Å². The Hall–Kier alpha value is -0.760. The molecule has 2 nitrogen and oxygen atoms in total. The quantitative estimate of drug-likeness (QED) is 0.847. The van der Waals surface area contributed by atoms with Gasteiger partial charge in [0, 0.05) is 5.92 Å². The average Bonchev–Trinajstić information content (AvgIpc) is 2.80. The molecular formula is C15H25NO. The Kier molecular flexibility index (Phi) is 3.62. The molecule has 1 aliphatic carbocycles. The van der Waals surface area contributed by atoms with Gasteiger partial charge in [-0.2, -0.15) is 0 Å². The Balaban J connectivity index is 2.15. The Labute approximate surface area is 105 Å². The van der Waals surface area contributed by atoms with Crippen molar-refractivity contribution in [2.24, 2.45) is 23.0 Å². The second-order valence-electron chi connectivity index (χ2n) is 6.49. The lowest BCUT2D eigenvalue weighted by Gasteiger charge is -2.40. The van der Waals surface area contributed by atoms with Gasteiger partial charge < -0.3 is 10.2 Å². The van der Waals surface area contributed by atoms with Crippen molar-refractivity contribution in [3.8, 4) is 0 Å². The highest BCUT2D eigenvalue weighted by Crippen LogP contribution is 2.46. The molecule has 0 aromatic carbocycles. The average molecular weight is 235 g/mol. The van der Waals surface area contributed by atoms with E-state index in [0.29, 0.717) is 17.3 Å². The van der Waals surface area contributed by atoms with Crippen molar-refractivity contribution < 1.29 is 4.42 Å². The Morgan fingerprint density at radius 3 is 2.65 bits per heavy atom. The standard InChI is InChI=1S/C15H25NO/c1-15(2,3)12-7-6-11(10-16)13(9-12)14-5-4-8-17-14/h4-5,8,11-13H,6-7,9-10,16H2,1-3H3. The first-order chi connectivity index (χ1) is 8.02. The minimum atomic E-state index is 0.393. The van der Waals surface area contributed by atoms with E-state index in [2.05, 4.69) is 26.8 Å². The molecule has 1 heterocycles. The van der Waals surface area contributed by atoms with Crippen LogP contribution < -0.4 is 5.73 Å². The fraction of sp³-hybridized carbons (Fsp3) is 0.733. The first-order valence-corrected chi connectivity index (χ1v) is 6.76. The molecule has 3 atom stereocenters. The first-order valence-electron chi connectivity index (χ1n) is 6.76. The molecule has 1 aliphatic rings. The third-order valence-corrected chi connectivity index (χ3v) is 4.43. The predicted octanol–water partition coefficient (Wildman–Crippen LogP) is 3.78. The Bertz CT molecular complexity index is 336. The minimum Gasteiger partial charge on any atom is -0.469 e. The summed E-state index contributed by atoms with van der Waals surface area (Å²) >= 11 is 0. The van der Waals surface area contributed by atoms with E-state index in [9.17, 15) is 0 Å². The van der Waals surface area contributed by atoms with Gasteiger partial charge in [0.2, 0.25) is 0 Å². The van der Waals surface area contributed by atoms with Gasteiger partial charge in [0.1, 0.15) is 5.76 Å². The van der Waals surface area contributed by atoms with Gasteiger partial charge in [-0.1, -0.05) is 20.8 Å². The molecule has 1 saturated carbocycles. The lowest BCUT2D eigenvalue weighted by Crippen LogP contribution is -2.33. The summed E-state index contributed by atoms with van der Waals surface area (Å²) in [5.41, 5.74) is 6.31. The van der Waals surface area contributed by atoms with Gasteiger partial charge in [-0.3, -0.25) is 0 Å². The maximum Gasteiger partial charge on any atom is 0.107 e. The van der Waals surface area contributed by atoms with Crippen LogP contribution >= 0.6 is 0 Å². The fourth-order valence-electron chi connectivity index (χ4n) is 3.15. The number of hydrogen-bond donors (Lipinski definition) is 1. The largest absolute Gasteiger partial charge is 0.469 e. The molecule has 1 aromatic heterocycles. The van der Waals surface area contributed by atoms with Crippen molar-refractivity contribution >= 4 is 0 Å². The molecule has 2 rings (SSSR count). The van der Waals surface area contributed by atoms with Crippen LogP contribution in [0.25, 0.3) is 0 Å². The summed E-state index contributed by atoms with van der Waals surface area (Å²) in [5, 5.41) is 0. The second-order valence-corrected chi connectivity index (χ2v) is 6.49. The van der Waals surface area contributed by atoms with Gasteiger partial charge in [-0.05, 0) is 55.2 Å². The normalized spacial score (nSPS) is 30.5.